The van der Waals surface area contributed by atoms with Crippen molar-refractivity contribution in [1.82, 2.24) is 0 Å². The van der Waals surface area contributed by atoms with E-state index >= 15 is 0 Å². The summed E-state index contributed by atoms with van der Waals surface area (Å²) in [5.74, 6) is 0.846. The Morgan fingerprint density at radius 1 is 1.33 bits per heavy atom. The zero-order chi connectivity index (χ0) is 8.81. The first-order chi connectivity index (χ1) is 5.84. The third kappa shape index (κ3) is 3.15. The molecule has 0 aliphatic carbocycles. The molecule has 0 aromatic heterocycles. The molecule has 0 aliphatic rings. The van der Waals surface area contributed by atoms with Gasteiger partial charge < -0.3 is 0 Å². The number of benzene rings is 1. The highest BCUT2D eigenvalue weighted by Gasteiger charge is 1.97. The van der Waals surface area contributed by atoms with E-state index in [-0.39, 0.29) is 6.67 Å². The molecule has 0 saturated carbocycles. The van der Waals surface area contributed by atoms with Crippen molar-refractivity contribution in [3.8, 4) is 0 Å². The Balaban J connectivity index is 2.46. The predicted octanol–water partition coefficient (Wildman–Crippen LogP) is 3.90. The lowest BCUT2D eigenvalue weighted by atomic mass is 10.4. The van der Waals surface area contributed by atoms with Crippen LogP contribution >= 0.6 is 27.7 Å². The Hall–Kier alpha value is -0.0200. The molecule has 0 N–H and O–H groups in total. The van der Waals surface area contributed by atoms with Gasteiger partial charge in [0.05, 0.1) is 6.67 Å². The largest absolute Gasteiger partial charge is 0.251 e. The Morgan fingerprint density at radius 2 is 2.08 bits per heavy atom. The topological polar surface area (TPSA) is 0 Å². The van der Waals surface area contributed by atoms with Crippen LogP contribution in [-0.2, 0) is 0 Å². The molecule has 1 aromatic rings. The molecule has 0 bridgehead atoms. The van der Waals surface area contributed by atoms with Gasteiger partial charge in [0, 0.05) is 15.1 Å². The number of thioether (sulfide) groups is 1. The van der Waals surface area contributed by atoms with Gasteiger partial charge in [0.2, 0.25) is 0 Å². The molecule has 3 heteroatoms. The lowest BCUT2D eigenvalue weighted by Gasteiger charge is -2.01. The van der Waals surface area contributed by atoms with Crippen LogP contribution in [-0.4, -0.2) is 12.4 Å². The van der Waals surface area contributed by atoms with Crippen LogP contribution in [0.5, 0.6) is 0 Å². The van der Waals surface area contributed by atoms with Gasteiger partial charge in [0.15, 0.2) is 0 Å². The molecule has 0 fully saturated rings. The van der Waals surface area contributed by atoms with Crippen molar-refractivity contribution >= 4 is 27.7 Å². The molecule has 1 aromatic carbocycles. The zero-order valence-corrected chi connectivity index (χ0v) is 9.00. The molecule has 0 amide bonds. The summed E-state index contributed by atoms with van der Waals surface area (Å²) in [7, 11) is 0. The van der Waals surface area contributed by atoms with Crippen LogP contribution in [0.2, 0.25) is 0 Å². The van der Waals surface area contributed by atoms with E-state index in [1.165, 1.54) is 4.90 Å². The van der Waals surface area contributed by atoms with E-state index in [9.17, 15) is 4.39 Å². The van der Waals surface area contributed by atoms with Gasteiger partial charge in [-0.3, -0.25) is 4.39 Å². The fourth-order valence-corrected chi connectivity index (χ4v) is 2.28. The molecule has 0 nitrogen and oxygen atoms in total. The third-order valence-electron chi connectivity index (χ3n) is 1.37. The molecule has 12 heavy (non-hydrogen) atoms. The molecule has 0 heterocycles. The minimum atomic E-state index is -0.225. The maximum atomic E-state index is 11.8. The molecular weight excluding hydrogens is 239 g/mol. The summed E-state index contributed by atoms with van der Waals surface area (Å²) in [6, 6.07) is 8.00. The number of rotatable bonds is 4. The quantitative estimate of drug-likeness (QED) is 0.576. The maximum absolute atomic E-state index is 11.8. The summed E-state index contributed by atoms with van der Waals surface area (Å²) in [6.07, 6.45) is 0.631. The minimum absolute atomic E-state index is 0.225. The van der Waals surface area contributed by atoms with E-state index in [4.69, 9.17) is 0 Å². The predicted molar refractivity (Wildman–Crippen MR) is 55.5 cm³/mol. The van der Waals surface area contributed by atoms with Gasteiger partial charge in [-0.25, -0.2) is 0 Å². The normalized spacial score (nSPS) is 10.2. The van der Waals surface area contributed by atoms with Crippen LogP contribution in [0.3, 0.4) is 0 Å². The first-order valence-corrected chi connectivity index (χ1v) is 5.55. The average Bonchev–Trinajstić information content (AvgIpc) is 2.09. The minimum Gasteiger partial charge on any atom is -0.251 e. The van der Waals surface area contributed by atoms with Crippen LogP contribution in [0.1, 0.15) is 6.42 Å². The van der Waals surface area contributed by atoms with Gasteiger partial charge in [-0.2, -0.15) is 0 Å². The Kier molecular flexibility index (Phi) is 4.69. The monoisotopic (exact) mass is 248 g/mol. The van der Waals surface area contributed by atoms with E-state index in [0.29, 0.717) is 6.42 Å². The molecule has 0 radical (unpaired) electrons. The Morgan fingerprint density at radius 3 is 2.75 bits per heavy atom. The van der Waals surface area contributed by atoms with E-state index in [1.807, 2.05) is 24.3 Å². The van der Waals surface area contributed by atoms with Gasteiger partial charge in [-0.1, -0.05) is 12.1 Å². The van der Waals surface area contributed by atoms with Gasteiger partial charge in [0.25, 0.3) is 0 Å². The first-order valence-electron chi connectivity index (χ1n) is 3.78. The lowest BCUT2D eigenvalue weighted by molar-refractivity contribution is 0.489. The summed E-state index contributed by atoms with van der Waals surface area (Å²) < 4.78 is 12.9. The molecule has 0 atom stereocenters. The molecule has 0 aliphatic heterocycles. The van der Waals surface area contributed by atoms with Crippen LogP contribution < -0.4 is 0 Å². The van der Waals surface area contributed by atoms with Crippen molar-refractivity contribution in [3.63, 3.8) is 0 Å². The first kappa shape index (κ1) is 10.1. The van der Waals surface area contributed by atoms with Crippen molar-refractivity contribution < 1.29 is 4.39 Å². The van der Waals surface area contributed by atoms with Crippen LogP contribution in [0.15, 0.2) is 33.6 Å². The fraction of sp³-hybridized carbons (Fsp3) is 0.333. The maximum Gasteiger partial charge on any atom is 0.0902 e. The second-order valence-electron chi connectivity index (χ2n) is 2.32. The van der Waals surface area contributed by atoms with E-state index < -0.39 is 0 Å². The highest BCUT2D eigenvalue weighted by Crippen LogP contribution is 2.27. The average molecular weight is 249 g/mol. The molecule has 0 spiro atoms. The summed E-state index contributed by atoms with van der Waals surface area (Å²) >= 11 is 5.12. The van der Waals surface area contributed by atoms with Gasteiger partial charge >= 0.3 is 0 Å². The van der Waals surface area contributed by atoms with Crippen LogP contribution in [0, 0.1) is 0 Å². The zero-order valence-electron chi connectivity index (χ0n) is 6.59. The van der Waals surface area contributed by atoms with Crippen LogP contribution in [0.4, 0.5) is 4.39 Å². The summed E-state index contributed by atoms with van der Waals surface area (Å²) in [5, 5.41) is 0. The van der Waals surface area contributed by atoms with E-state index in [0.717, 1.165) is 10.2 Å². The number of hydrogen-bond donors (Lipinski definition) is 0. The molecule has 0 saturated heterocycles. The Labute approximate surface area is 84.7 Å². The van der Waals surface area contributed by atoms with Crippen molar-refractivity contribution in [3.05, 3.63) is 28.7 Å². The number of alkyl halides is 1. The molecule has 0 unspecified atom stereocenters. The SMILES string of the molecule is FCCCSc1ccccc1Br. The fourth-order valence-electron chi connectivity index (χ4n) is 0.798. The highest BCUT2D eigenvalue weighted by molar-refractivity contribution is 9.10. The third-order valence-corrected chi connectivity index (χ3v) is 3.49. The van der Waals surface area contributed by atoms with Gasteiger partial charge in [-0.15, -0.1) is 11.8 Å². The standard InChI is InChI=1S/C9H10BrFS/c10-8-4-1-2-5-9(8)12-7-3-6-11/h1-2,4-5H,3,6-7H2. The lowest BCUT2D eigenvalue weighted by Crippen LogP contribution is -1.81. The van der Waals surface area contributed by atoms with Crippen molar-refractivity contribution in [1.29, 1.82) is 0 Å². The van der Waals surface area contributed by atoms with E-state index in [1.54, 1.807) is 11.8 Å². The second kappa shape index (κ2) is 5.60. The van der Waals surface area contributed by atoms with Crippen molar-refractivity contribution in [2.24, 2.45) is 0 Å². The molecule has 66 valence electrons. The summed E-state index contributed by atoms with van der Waals surface area (Å²) in [6.45, 7) is -0.225. The molecule has 1 rings (SSSR count). The summed E-state index contributed by atoms with van der Waals surface area (Å²) in [4.78, 5) is 1.19. The van der Waals surface area contributed by atoms with Crippen molar-refractivity contribution in [2.75, 3.05) is 12.4 Å². The molecular formula is C9H10BrFS. The van der Waals surface area contributed by atoms with Crippen LogP contribution in [0.25, 0.3) is 0 Å². The van der Waals surface area contributed by atoms with E-state index in [2.05, 4.69) is 15.9 Å². The summed E-state index contributed by atoms with van der Waals surface area (Å²) in [5.41, 5.74) is 0. The van der Waals surface area contributed by atoms with Gasteiger partial charge in [0.1, 0.15) is 0 Å². The van der Waals surface area contributed by atoms with Gasteiger partial charge in [-0.05, 0) is 34.5 Å². The second-order valence-corrected chi connectivity index (χ2v) is 4.31. The van der Waals surface area contributed by atoms with Crippen molar-refractivity contribution in [2.45, 2.75) is 11.3 Å². The smallest absolute Gasteiger partial charge is 0.0902 e. The number of hydrogen-bond acceptors (Lipinski definition) is 1. The Bertz CT molecular complexity index is 240. The number of halogens is 2. The highest BCUT2D eigenvalue weighted by atomic mass is 79.9.